The molecule has 0 bridgehead atoms. The lowest BCUT2D eigenvalue weighted by Gasteiger charge is -2.09. The number of carbonyl (C=O) groups is 1. The molecule has 2 aromatic heterocycles. The molecular weight excluding hydrogens is 311 g/mol. The minimum atomic E-state index is -4.63. The highest BCUT2D eigenvalue weighted by atomic mass is 19.4. The van der Waals surface area contributed by atoms with Crippen molar-refractivity contribution in [3.05, 3.63) is 60.0 Å². The van der Waals surface area contributed by atoms with Crippen molar-refractivity contribution < 1.29 is 22.4 Å². The van der Waals surface area contributed by atoms with Gasteiger partial charge in [0.15, 0.2) is 11.5 Å². The molecule has 0 fully saturated rings. The van der Waals surface area contributed by atoms with E-state index in [0.717, 1.165) is 10.7 Å². The highest BCUT2D eigenvalue weighted by Crippen LogP contribution is 2.33. The molecule has 118 valence electrons. The van der Waals surface area contributed by atoms with Gasteiger partial charge in [0, 0.05) is 6.07 Å². The molecule has 8 heteroatoms. The van der Waals surface area contributed by atoms with E-state index in [2.05, 4.69) is 5.10 Å². The number of nitrogens with zero attached hydrogens (tertiary/aromatic N) is 2. The van der Waals surface area contributed by atoms with Crippen molar-refractivity contribution in [3.8, 4) is 17.1 Å². The number of para-hydroxylation sites is 1. The number of primary amides is 1. The number of halogens is 3. The topological polar surface area (TPSA) is 74.1 Å². The second kappa shape index (κ2) is 5.31. The molecule has 0 spiro atoms. The van der Waals surface area contributed by atoms with E-state index in [1.54, 1.807) is 18.2 Å². The first kappa shape index (κ1) is 14.9. The molecule has 23 heavy (non-hydrogen) atoms. The average Bonchev–Trinajstić information content (AvgIpc) is 3.15. The number of hydrogen-bond acceptors (Lipinski definition) is 3. The largest absolute Gasteiger partial charge is 0.463 e. The Morgan fingerprint density at radius 3 is 2.52 bits per heavy atom. The molecule has 0 aliphatic carbocycles. The first-order chi connectivity index (χ1) is 10.9. The molecule has 0 saturated carbocycles. The summed E-state index contributed by atoms with van der Waals surface area (Å²) < 4.78 is 45.2. The summed E-state index contributed by atoms with van der Waals surface area (Å²) in [5.74, 6) is -0.581. The summed E-state index contributed by atoms with van der Waals surface area (Å²) in [6.45, 7) is 0. The second-order valence-corrected chi connectivity index (χ2v) is 4.68. The SMILES string of the molecule is NC(=O)c1ccccc1-n1nc(C(F)(F)F)cc1-c1ccco1. The number of carbonyl (C=O) groups excluding carboxylic acids is 1. The quantitative estimate of drug-likeness (QED) is 0.804. The van der Waals surface area contributed by atoms with E-state index in [4.69, 9.17) is 10.2 Å². The van der Waals surface area contributed by atoms with Gasteiger partial charge in [0.2, 0.25) is 0 Å². The minimum Gasteiger partial charge on any atom is -0.463 e. The summed E-state index contributed by atoms with van der Waals surface area (Å²) in [6, 6.07) is 9.91. The van der Waals surface area contributed by atoms with Gasteiger partial charge in [-0.05, 0) is 24.3 Å². The van der Waals surface area contributed by atoms with E-state index < -0.39 is 17.8 Å². The Morgan fingerprint density at radius 1 is 1.17 bits per heavy atom. The number of rotatable bonds is 3. The predicted molar refractivity (Wildman–Crippen MR) is 74.8 cm³/mol. The van der Waals surface area contributed by atoms with Crippen LogP contribution >= 0.6 is 0 Å². The molecular formula is C15H10F3N3O2. The van der Waals surface area contributed by atoms with E-state index in [1.165, 1.54) is 24.5 Å². The average molecular weight is 321 g/mol. The zero-order valence-corrected chi connectivity index (χ0v) is 11.5. The molecule has 0 saturated heterocycles. The van der Waals surface area contributed by atoms with Crippen LogP contribution in [0.3, 0.4) is 0 Å². The molecule has 1 amide bonds. The smallest absolute Gasteiger partial charge is 0.435 e. The van der Waals surface area contributed by atoms with Gasteiger partial charge in [-0.2, -0.15) is 18.3 Å². The molecule has 1 aromatic carbocycles. The van der Waals surface area contributed by atoms with Crippen LogP contribution in [0, 0.1) is 0 Å². The molecule has 0 radical (unpaired) electrons. The standard InChI is InChI=1S/C15H10F3N3O2/c16-15(17,18)13-8-11(12-6-3-7-23-12)21(20-13)10-5-2-1-4-9(10)14(19)22/h1-8H,(H2,19,22). The molecule has 0 unspecified atom stereocenters. The van der Waals surface area contributed by atoms with Crippen LogP contribution in [0.1, 0.15) is 16.1 Å². The number of benzene rings is 1. The summed E-state index contributed by atoms with van der Waals surface area (Å²) in [6.07, 6.45) is -3.30. The van der Waals surface area contributed by atoms with Gasteiger partial charge in [-0.3, -0.25) is 4.79 Å². The number of alkyl halides is 3. The third-order valence-electron chi connectivity index (χ3n) is 3.17. The molecule has 2 N–H and O–H groups in total. The van der Waals surface area contributed by atoms with E-state index in [-0.39, 0.29) is 22.7 Å². The lowest BCUT2D eigenvalue weighted by Crippen LogP contribution is -2.16. The maximum atomic E-state index is 13.0. The van der Waals surface area contributed by atoms with Crippen LogP contribution in [-0.2, 0) is 6.18 Å². The second-order valence-electron chi connectivity index (χ2n) is 4.68. The Kier molecular flexibility index (Phi) is 3.44. The molecule has 0 aliphatic rings. The van der Waals surface area contributed by atoms with Gasteiger partial charge >= 0.3 is 6.18 Å². The maximum Gasteiger partial charge on any atom is 0.435 e. The fraction of sp³-hybridized carbons (Fsp3) is 0.0667. The summed E-state index contributed by atoms with van der Waals surface area (Å²) in [4.78, 5) is 11.5. The lowest BCUT2D eigenvalue weighted by molar-refractivity contribution is -0.141. The first-order valence-corrected chi connectivity index (χ1v) is 6.48. The Hall–Kier alpha value is -3.03. The van der Waals surface area contributed by atoms with Gasteiger partial charge < -0.3 is 10.2 Å². The van der Waals surface area contributed by atoms with Crippen LogP contribution < -0.4 is 5.73 Å². The molecule has 2 heterocycles. The number of nitrogens with two attached hydrogens (primary N) is 1. The van der Waals surface area contributed by atoms with Gasteiger partial charge in [0.1, 0.15) is 5.69 Å². The van der Waals surface area contributed by atoms with E-state index in [9.17, 15) is 18.0 Å². The van der Waals surface area contributed by atoms with Crippen molar-refractivity contribution in [2.45, 2.75) is 6.18 Å². The molecule has 0 aliphatic heterocycles. The van der Waals surface area contributed by atoms with Crippen LogP contribution in [0.4, 0.5) is 13.2 Å². The number of amides is 1. The van der Waals surface area contributed by atoms with Crippen molar-refractivity contribution in [2.75, 3.05) is 0 Å². The zero-order chi connectivity index (χ0) is 16.6. The molecule has 3 aromatic rings. The highest BCUT2D eigenvalue weighted by Gasteiger charge is 2.36. The Balaban J connectivity index is 2.27. The van der Waals surface area contributed by atoms with Crippen LogP contribution in [0.5, 0.6) is 0 Å². The molecule has 3 rings (SSSR count). The van der Waals surface area contributed by atoms with Crippen LogP contribution in [0.15, 0.2) is 53.1 Å². The first-order valence-electron chi connectivity index (χ1n) is 6.48. The minimum absolute atomic E-state index is 0.0529. The lowest BCUT2D eigenvalue weighted by atomic mass is 10.1. The predicted octanol–water partition coefficient (Wildman–Crippen LogP) is 3.25. The summed E-state index contributed by atoms with van der Waals surface area (Å²) in [5, 5.41) is 3.57. The molecule has 5 nitrogen and oxygen atoms in total. The van der Waals surface area contributed by atoms with Crippen molar-refractivity contribution in [2.24, 2.45) is 5.73 Å². The van der Waals surface area contributed by atoms with E-state index in [0.29, 0.717) is 0 Å². The highest BCUT2D eigenvalue weighted by molar-refractivity contribution is 5.96. The van der Waals surface area contributed by atoms with E-state index in [1.807, 2.05) is 0 Å². The van der Waals surface area contributed by atoms with Gasteiger partial charge in [-0.15, -0.1) is 0 Å². The van der Waals surface area contributed by atoms with Crippen LogP contribution in [0.25, 0.3) is 17.1 Å². The number of hydrogen-bond donors (Lipinski definition) is 1. The van der Waals surface area contributed by atoms with Crippen LogP contribution in [-0.4, -0.2) is 15.7 Å². The maximum absolute atomic E-state index is 13.0. The summed E-state index contributed by atoms with van der Waals surface area (Å²) >= 11 is 0. The van der Waals surface area contributed by atoms with Crippen molar-refractivity contribution in [3.63, 3.8) is 0 Å². The third-order valence-corrected chi connectivity index (χ3v) is 3.17. The normalized spacial score (nSPS) is 11.6. The summed E-state index contributed by atoms with van der Waals surface area (Å²) in [5.41, 5.74) is 4.45. The number of furan rings is 1. The fourth-order valence-corrected chi connectivity index (χ4v) is 2.17. The van der Waals surface area contributed by atoms with Crippen molar-refractivity contribution >= 4 is 5.91 Å². The monoisotopic (exact) mass is 321 g/mol. The zero-order valence-electron chi connectivity index (χ0n) is 11.5. The van der Waals surface area contributed by atoms with Crippen molar-refractivity contribution in [1.29, 1.82) is 0 Å². The summed E-state index contributed by atoms with van der Waals surface area (Å²) in [7, 11) is 0. The third kappa shape index (κ3) is 2.70. The molecule has 0 atom stereocenters. The Bertz CT molecular complexity index is 851. The van der Waals surface area contributed by atoms with Gasteiger partial charge in [-0.1, -0.05) is 12.1 Å². The fourth-order valence-electron chi connectivity index (χ4n) is 2.17. The van der Waals surface area contributed by atoms with E-state index >= 15 is 0 Å². The van der Waals surface area contributed by atoms with Gasteiger partial charge in [-0.25, -0.2) is 4.68 Å². The van der Waals surface area contributed by atoms with Gasteiger partial charge in [0.25, 0.3) is 5.91 Å². The van der Waals surface area contributed by atoms with Crippen molar-refractivity contribution in [1.82, 2.24) is 9.78 Å². The van der Waals surface area contributed by atoms with Gasteiger partial charge in [0.05, 0.1) is 17.5 Å². The Labute approximate surface area is 128 Å². The Morgan fingerprint density at radius 2 is 1.91 bits per heavy atom. The van der Waals surface area contributed by atoms with Crippen LogP contribution in [0.2, 0.25) is 0 Å². The number of aromatic nitrogens is 2.